The molecule has 2 N–H and O–H groups in total. The number of benzene rings is 1. The number of methoxy groups -OCH3 is 1. The van der Waals surface area contributed by atoms with Crippen LogP contribution in [-0.4, -0.2) is 32.5 Å². The monoisotopic (exact) mass is 398 g/mol. The Labute approximate surface area is 167 Å². The average molecular weight is 399 g/mol. The topological polar surface area (TPSA) is 89.3 Å². The van der Waals surface area contributed by atoms with Gasteiger partial charge in [0.05, 0.1) is 24.3 Å². The largest absolute Gasteiger partial charge is 0.495 e. The number of nitrogens with one attached hydrogen (secondary N) is 1. The van der Waals surface area contributed by atoms with Crippen molar-refractivity contribution < 1.29 is 14.6 Å². The molecule has 7 nitrogen and oxygen atoms in total. The minimum absolute atomic E-state index is 0.114. The van der Waals surface area contributed by atoms with Crippen molar-refractivity contribution in [3.05, 3.63) is 77.0 Å². The van der Waals surface area contributed by atoms with E-state index in [4.69, 9.17) is 16.3 Å². The Morgan fingerprint density at radius 3 is 3.00 bits per heavy atom. The van der Waals surface area contributed by atoms with Crippen molar-refractivity contribution in [1.82, 2.24) is 14.5 Å². The van der Waals surface area contributed by atoms with Gasteiger partial charge < -0.3 is 19.7 Å². The van der Waals surface area contributed by atoms with Gasteiger partial charge in [0.1, 0.15) is 17.9 Å². The molecular formula is C20H19ClN4O3. The number of ether oxygens (including phenoxy) is 1. The Balaban J connectivity index is 1.73. The Bertz CT molecular complexity index is 1000. The highest BCUT2D eigenvalue weighted by molar-refractivity contribution is 6.32. The van der Waals surface area contributed by atoms with Crippen molar-refractivity contribution in [3.63, 3.8) is 0 Å². The maximum absolute atomic E-state index is 12.6. The Hall–Kier alpha value is -3.16. The van der Waals surface area contributed by atoms with E-state index in [2.05, 4.69) is 15.3 Å². The molecule has 0 radical (unpaired) electrons. The second kappa shape index (κ2) is 9.16. The molecule has 0 aliphatic carbocycles. The van der Waals surface area contributed by atoms with E-state index in [0.29, 0.717) is 34.4 Å². The quantitative estimate of drug-likeness (QED) is 0.446. The summed E-state index contributed by atoms with van der Waals surface area (Å²) in [4.78, 5) is 20.7. The summed E-state index contributed by atoms with van der Waals surface area (Å²) in [5.74, 6) is 0.764. The molecule has 0 spiro atoms. The summed E-state index contributed by atoms with van der Waals surface area (Å²) < 4.78 is 6.82. The maximum atomic E-state index is 12.6. The second-order valence-electron chi connectivity index (χ2n) is 5.85. The molecule has 0 saturated heterocycles. The van der Waals surface area contributed by atoms with E-state index in [0.717, 1.165) is 5.56 Å². The molecule has 8 heteroatoms. The number of aliphatic hydroxyl groups excluding tert-OH is 1. The fourth-order valence-corrected chi connectivity index (χ4v) is 2.88. The van der Waals surface area contributed by atoms with Gasteiger partial charge in [0, 0.05) is 36.9 Å². The first-order chi connectivity index (χ1) is 13.6. The zero-order valence-electron chi connectivity index (χ0n) is 15.2. The summed E-state index contributed by atoms with van der Waals surface area (Å²) in [5.41, 5.74) is 1.94. The zero-order chi connectivity index (χ0) is 19.9. The molecule has 2 aromatic heterocycles. The number of rotatable bonds is 8. The van der Waals surface area contributed by atoms with Gasteiger partial charge in [-0.05, 0) is 29.8 Å². The van der Waals surface area contributed by atoms with E-state index in [1.807, 2.05) is 6.07 Å². The van der Waals surface area contributed by atoms with Crippen molar-refractivity contribution >= 4 is 29.4 Å². The Kier molecular flexibility index (Phi) is 6.41. The zero-order valence-corrected chi connectivity index (χ0v) is 15.9. The van der Waals surface area contributed by atoms with E-state index in [-0.39, 0.29) is 12.4 Å². The molecule has 3 aromatic rings. The highest BCUT2D eigenvalue weighted by atomic mass is 35.5. The van der Waals surface area contributed by atoms with Crippen LogP contribution in [0, 0.1) is 0 Å². The molecule has 0 bridgehead atoms. The van der Waals surface area contributed by atoms with Gasteiger partial charge in [-0.1, -0.05) is 17.7 Å². The van der Waals surface area contributed by atoms with Crippen molar-refractivity contribution in [2.75, 3.05) is 12.4 Å². The number of carbonyl (C=O) groups excluding carboxylic acids is 1. The van der Waals surface area contributed by atoms with Gasteiger partial charge in [-0.15, -0.1) is 0 Å². The fourth-order valence-electron chi connectivity index (χ4n) is 2.60. The number of halogens is 1. The van der Waals surface area contributed by atoms with E-state index in [1.165, 1.54) is 18.6 Å². The molecule has 3 rings (SSSR count). The first-order valence-corrected chi connectivity index (χ1v) is 8.85. The van der Waals surface area contributed by atoms with Crippen molar-refractivity contribution in [1.29, 1.82) is 0 Å². The second-order valence-corrected chi connectivity index (χ2v) is 6.26. The first kappa shape index (κ1) is 19.6. The van der Waals surface area contributed by atoms with Crippen molar-refractivity contribution in [3.8, 4) is 5.75 Å². The van der Waals surface area contributed by atoms with Crippen LogP contribution in [0.4, 0.5) is 5.82 Å². The van der Waals surface area contributed by atoms with Crippen LogP contribution < -0.4 is 10.1 Å². The standard InChI is InChI=1S/C20H19ClN4O3/c1-28-19-5-4-14(9-17(19)21)10-23-20-16(11-22-13-24-20)18(27)6-8-25-7-2-3-15(25)12-26/h2-9,11,13,26H,10,12H2,1H3,(H,22,23,24). The lowest BCUT2D eigenvalue weighted by molar-refractivity contribution is 0.104. The van der Waals surface area contributed by atoms with E-state index in [9.17, 15) is 9.90 Å². The van der Waals surface area contributed by atoms with Crippen LogP contribution in [0.5, 0.6) is 5.75 Å². The predicted molar refractivity (Wildman–Crippen MR) is 107 cm³/mol. The van der Waals surface area contributed by atoms with Gasteiger partial charge in [0.2, 0.25) is 0 Å². The summed E-state index contributed by atoms with van der Waals surface area (Å²) >= 11 is 6.15. The van der Waals surface area contributed by atoms with Crippen molar-refractivity contribution in [2.45, 2.75) is 13.2 Å². The van der Waals surface area contributed by atoms with Crippen LogP contribution in [-0.2, 0) is 13.2 Å². The lowest BCUT2D eigenvalue weighted by Gasteiger charge is -2.10. The molecule has 0 amide bonds. The molecule has 28 heavy (non-hydrogen) atoms. The van der Waals surface area contributed by atoms with Gasteiger partial charge in [-0.25, -0.2) is 9.97 Å². The van der Waals surface area contributed by atoms with Crippen molar-refractivity contribution in [2.24, 2.45) is 0 Å². The summed E-state index contributed by atoms with van der Waals surface area (Å²) in [5, 5.41) is 12.9. The first-order valence-electron chi connectivity index (χ1n) is 8.47. The number of ketones is 1. The number of allylic oxidation sites excluding steroid dienone is 1. The van der Waals surface area contributed by atoms with Crippen LogP contribution >= 0.6 is 11.6 Å². The molecule has 0 aliphatic rings. The minimum Gasteiger partial charge on any atom is -0.495 e. The third-order valence-corrected chi connectivity index (χ3v) is 4.36. The van der Waals surface area contributed by atoms with Gasteiger partial charge in [-0.3, -0.25) is 4.79 Å². The van der Waals surface area contributed by atoms with Crippen LogP contribution in [0.2, 0.25) is 5.02 Å². The minimum atomic E-state index is -0.256. The van der Waals surface area contributed by atoms with E-state index < -0.39 is 0 Å². The van der Waals surface area contributed by atoms with Gasteiger partial charge in [0.25, 0.3) is 0 Å². The third kappa shape index (κ3) is 4.57. The number of aliphatic hydroxyl groups is 1. The number of anilines is 1. The maximum Gasteiger partial charge on any atom is 0.192 e. The molecule has 2 heterocycles. The molecule has 0 unspecified atom stereocenters. The van der Waals surface area contributed by atoms with E-state index >= 15 is 0 Å². The van der Waals surface area contributed by atoms with Gasteiger partial charge in [0.15, 0.2) is 5.78 Å². The Morgan fingerprint density at radius 2 is 2.25 bits per heavy atom. The van der Waals surface area contributed by atoms with Crippen LogP contribution in [0.1, 0.15) is 21.6 Å². The lowest BCUT2D eigenvalue weighted by atomic mass is 10.2. The third-order valence-electron chi connectivity index (χ3n) is 4.07. The normalized spacial score (nSPS) is 11.0. The predicted octanol–water partition coefficient (Wildman–Crippen LogP) is 3.40. The van der Waals surface area contributed by atoms with Crippen LogP contribution in [0.15, 0.2) is 55.1 Å². The number of carbonyl (C=O) groups is 1. The number of hydrogen-bond acceptors (Lipinski definition) is 6. The lowest BCUT2D eigenvalue weighted by Crippen LogP contribution is -2.08. The SMILES string of the molecule is COc1ccc(CNc2ncncc2C(=O)C=Cn2cccc2CO)cc1Cl. The number of nitrogens with zero attached hydrogens (tertiary/aromatic N) is 3. The smallest absolute Gasteiger partial charge is 0.192 e. The molecule has 0 saturated carbocycles. The highest BCUT2D eigenvalue weighted by Gasteiger charge is 2.11. The summed E-state index contributed by atoms with van der Waals surface area (Å²) in [7, 11) is 1.56. The van der Waals surface area contributed by atoms with Crippen LogP contribution in [0.25, 0.3) is 6.20 Å². The number of aromatic nitrogens is 3. The summed E-state index contributed by atoms with van der Waals surface area (Å²) in [6, 6.07) is 9.01. The Morgan fingerprint density at radius 1 is 1.39 bits per heavy atom. The average Bonchev–Trinajstić information content (AvgIpc) is 3.18. The van der Waals surface area contributed by atoms with E-state index in [1.54, 1.807) is 48.3 Å². The molecule has 0 fully saturated rings. The van der Waals surface area contributed by atoms with Gasteiger partial charge >= 0.3 is 0 Å². The van der Waals surface area contributed by atoms with Gasteiger partial charge in [-0.2, -0.15) is 0 Å². The highest BCUT2D eigenvalue weighted by Crippen LogP contribution is 2.25. The molecule has 0 aliphatic heterocycles. The fraction of sp³-hybridized carbons (Fsp3) is 0.150. The molecule has 1 aromatic carbocycles. The molecule has 0 atom stereocenters. The molecule has 144 valence electrons. The summed E-state index contributed by atoms with van der Waals surface area (Å²) in [6.07, 6.45) is 7.59. The summed E-state index contributed by atoms with van der Waals surface area (Å²) in [6.45, 7) is 0.314. The number of hydrogen-bond donors (Lipinski definition) is 2. The molecular weight excluding hydrogens is 380 g/mol. The van der Waals surface area contributed by atoms with Crippen LogP contribution in [0.3, 0.4) is 0 Å².